The van der Waals surface area contributed by atoms with E-state index in [1.54, 1.807) is 0 Å². The van der Waals surface area contributed by atoms with E-state index in [0.717, 1.165) is 37.6 Å². The van der Waals surface area contributed by atoms with Crippen molar-refractivity contribution in [3.05, 3.63) is 17.1 Å². The molecule has 27 heavy (non-hydrogen) atoms. The van der Waals surface area contributed by atoms with Crippen molar-refractivity contribution in [1.29, 1.82) is 0 Å². The second kappa shape index (κ2) is 10.4. The second-order valence-corrected chi connectivity index (χ2v) is 7.05. The number of amides is 1. The fourth-order valence-electron chi connectivity index (χ4n) is 3.49. The average molecular weight is 418 g/mol. The smallest absolute Gasteiger partial charge is 0.224 e. The first kappa shape index (κ1) is 22.1. The van der Waals surface area contributed by atoms with Gasteiger partial charge in [-0.2, -0.15) is 0 Å². The Morgan fingerprint density at radius 3 is 2.63 bits per heavy atom. The van der Waals surface area contributed by atoms with Crippen LogP contribution in [-0.4, -0.2) is 66.7 Å². The summed E-state index contributed by atoms with van der Waals surface area (Å²) in [5.41, 5.74) is 2.41. The van der Waals surface area contributed by atoms with E-state index < -0.39 is 0 Å². The van der Waals surface area contributed by atoms with E-state index in [-0.39, 0.29) is 30.7 Å². The van der Waals surface area contributed by atoms with Crippen LogP contribution in [-0.2, 0) is 22.4 Å². The maximum Gasteiger partial charge on any atom is 0.224 e. The molecule has 0 aromatic carbocycles. The van der Waals surface area contributed by atoms with E-state index in [1.807, 2.05) is 4.90 Å². The SMILES string of the molecule is Cl.Cl.O=C(CCNc1nc(C2CC2)nc2c1CCNCC2)N1CCOCC1. The number of rotatable bonds is 5. The summed E-state index contributed by atoms with van der Waals surface area (Å²) >= 11 is 0. The van der Waals surface area contributed by atoms with Crippen LogP contribution in [0.2, 0.25) is 0 Å². The maximum absolute atomic E-state index is 12.3. The Morgan fingerprint density at radius 2 is 1.89 bits per heavy atom. The van der Waals surface area contributed by atoms with Crippen molar-refractivity contribution in [2.75, 3.05) is 51.3 Å². The molecule has 1 saturated heterocycles. The number of morpholine rings is 1. The Labute approximate surface area is 172 Å². The number of aromatic nitrogens is 2. The summed E-state index contributed by atoms with van der Waals surface area (Å²) in [7, 11) is 0. The fourth-order valence-corrected chi connectivity index (χ4v) is 3.49. The van der Waals surface area contributed by atoms with Gasteiger partial charge in [-0.1, -0.05) is 0 Å². The highest BCUT2D eigenvalue weighted by atomic mass is 35.5. The Morgan fingerprint density at radius 1 is 1.15 bits per heavy atom. The molecule has 1 aliphatic carbocycles. The first-order chi connectivity index (χ1) is 12.3. The minimum atomic E-state index is 0. The molecule has 7 nitrogen and oxygen atoms in total. The molecule has 2 fully saturated rings. The molecule has 0 radical (unpaired) electrons. The molecule has 1 saturated carbocycles. The summed E-state index contributed by atoms with van der Waals surface area (Å²) in [6.07, 6.45) is 4.80. The minimum Gasteiger partial charge on any atom is -0.378 e. The number of nitrogens with zero attached hydrogens (tertiary/aromatic N) is 3. The molecular formula is C18H29Cl2N5O2. The van der Waals surface area contributed by atoms with Crippen LogP contribution in [0.15, 0.2) is 0 Å². The van der Waals surface area contributed by atoms with Gasteiger partial charge in [0, 0.05) is 50.5 Å². The molecule has 1 aromatic rings. The van der Waals surface area contributed by atoms with E-state index in [9.17, 15) is 4.79 Å². The molecule has 1 amide bonds. The Bertz CT molecular complexity index is 636. The molecule has 1 aromatic heterocycles. The molecule has 2 N–H and O–H groups in total. The lowest BCUT2D eigenvalue weighted by molar-refractivity contribution is -0.134. The normalized spacial score (nSPS) is 19.2. The van der Waals surface area contributed by atoms with Gasteiger partial charge in [0.1, 0.15) is 11.6 Å². The fraction of sp³-hybridized carbons (Fsp3) is 0.722. The van der Waals surface area contributed by atoms with E-state index >= 15 is 0 Å². The third kappa shape index (κ3) is 5.67. The third-order valence-corrected chi connectivity index (χ3v) is 5.14. The van der Waals surface area contributed by atoms with E-state index in [2.05, 4.69) is 10.6 Å². The highest BCUT2D eigenvalue weighted by Crippen LogP contribution is 2.39. The maximum atomic E-state index is 12.3. The van der Waals surface area contributed by atoms with Crippen LogP contribution in [0.3, 0.4) is 0 Å². The molecule has 3 aliphatic rings. The first-order valence-electron chi connectivity index (χ1n) is 9.51. The summed E-state index contributed by atoms with van der Waals surface area (Å²) < 4.78 is 5.31. The van der Waals surface area contributed by atoms with Crippen molar-refractivity contribution in [3.63, 3.8) is 0 Å². The minimum absolute atomic E-state index is 0. The Hall–Kier alpha value is -1.15. The van der Waals surface area contributed by atoms with Crippen LogP contribution >= 0.6 is 24.8 Å². The summed E-state index contributed by atoms with van der Waals surface area (Å²) in [4.78, 5) is 23.8. The lowest BCUT2D eigenvalue weighted by Gasteiger charge is -2.27. The zero-order valence-corrected chi connectivity index (χ0v) is 17.2. The van der Waals surface area contributed by atoms with Gasteiger partial charge in [0.25, 0.3) is 0 Å². The van der Waals surface area contributed by atoms with Crippen molar-refractivity contribution in [3.8, 4) is 0 Å². The summed E-state index contributed by atoms with van der Waals surface area (Å²) in [5.74, 6) is 2.67. The highest BCUT2D eigenvalue weighted by molar-refractivity contribution is 5.85. The summed E-state index contributed by atoms with van der Waals surface area (Å²) in [6, 6.07) is 0. The molecular weight excluding hydrogens is 389 g/mol. The predicted molar refractivity (Wildman–Crippen MR) is 109 cm³/mol. The third-order valence-electron chi connectivity index (χ3n) is 5.14. The van der Waals surface area contributed by atoms with Gasteiger partial charge in [-0.25, -0.2) is 9.97 Å². The van der Waals surface area contributed by atoms with Gasteiger partial charge in [-0.3, -0.25) is 4.79 Å². The van der Waals surface area contributed by atoms with Crippen molar-refractivity contribution in [2.45, 2.75) is 38.0 Å². The number of halogens is 2. The predicted octanol–water partition coefficient (Wildman–Crippen LogP) is 1.55. The zero-order valence-electron chi connectivity index (χ0n) is 15.5. The topological polar surface area (TPSA) is 79.4 Å². The quantitative estimate of drug-likeness (QED) is 0.756. The van der Waals surface area contributed by atoms with Crippen molar-refractivity contribution in [1.82, 2.24) is 20.2 Å². The number of nitrogens with one attached hydrogen (secondary N) is 2. The molecule has 0 bridgehead atoms. The van der Waals surface area contributed by atoms with Gasteiger partial charge >= 0.3 is 0 Å². The number of hydrogen-bond donors (Lipinski definition) is 2. The van der Waals surface area contributed by atoms with Gasteiger partial charge in [-0.05, 0) is 25.8 Å². The van der Waals surface area contributed by atoms with E-state index in [1.165, 1.54) is 24.1 Å². The number of carbonyl (C=O) groups excluding carboxylic acids is 1. The van der Waals surface area contributed by atoms with E-state index in [4.69, 9.17) is 14.7 Å². The molecule has 3 heterocycles. The van der Waals surface area contributed by atoms with Gasteiger partial charge in [0.2, 0.25) is 5.91 Å². The molecule has 0 unspecified atom stereocenters. The first-order valence-corrected chi connectivity index (χ1v) is 9.51. The lowest BCUT2D eigenvalue weighted by atomic mass is 10.1. The average Bonchev–Trinajstić information content (AvgIpc) is 3.49. The standard InChI is InChI=1S/C18H27N5O2.2ClH/c24-16(23-9-11-25-12-10-23)5-8-20-18-14-3-6-19-7-4-15(14)21-17(22-18)13-1-2-13;;/h13,19H,1-12H2,(H,20,21,22);2*1H. The molecule has 2 aliphatic heterocycles. The number of anilines is 1. The molecule has 0 atom stereocenters. The van der Waals surface area contributed by atoms with E-state index in [0.29, 0.717) is 45.2 Å². The van der Waals surface area contributed by atoms with Gasteiger partial charge in [0.05, 0.1) is 18.9 Å². The van der Waals surface area contributed by atoms with Crippen molar-refractivity contribution in [2.24, 2.45) is 0 Å². The van der Waals surface area contributed by atoms with Crippen LogP contribution in [0.25, 0.3) is 0 Å². The number of hydrogen-bond acceptors (Lipinski definition) is 6. The molecule has 152 valence electrons. The van der Waals surface area contributed by atoms with Crippen molar-refractivity contribution < 1.29 is 9.53 Å². The number of ether oxygens (including phenoxy) is 1. The van der Waals surface area contributed by atoms with Crippen LogP contribution in [0.1, 0.15) is 42.3 Å². The van der Waals surface area contributed by atoms with Gasteiger partial charge in [-0.15, -0.1) is 24.8 Å². The zero-order chi connectivity index (χ0) is 17.1. The Balaban J connectivity index is 0.00000131. The van der Waals surface area contributed by atoms with Crippen LogP contribution < -0.4 is 10.6 Å². The van der Waals surface area contributed by atoms with Crippen LogP contribution in [0.5, 0.6) is 0 Å². The summed E-state index contributed by atoms with van der Waals surface area (Å²) in [6.45, 7) is 5.27. The Kier molecular flexibility index (Phi) is 8.54. The van der Waals surface area contributed by atoms with Crippen molar-refractivity contribution >= 4 is 36.5 Å². The monoisotopic (exact) mass is 417 g/mol. The highest BCUT2D eigenvalue weighted by Gasteiger charge is 2.29. The molecule has 9 heteroatoms. The number of fused-ring (bicyclic) bond motifs is 1. The number of carbonyl (C=O) groups is 1. The van der Waals surface area contributed by atoms with Crippen LogP contribution in [0, 0.1) is 0 Å². The largest absolute Gasteiger partial charge is 0.378 e. The van der Waals surface area contributed by atoms with Crippen LogP contribution in [0.4, 0.5) is 5.82 Å². The second-order valence-electron chi connectivity index (χ2n) is 7.05. The molecule has 4 rings (SSSR count). The lowest BCUT2D eigenvalue weighted by Crippen LogP contribution is -2.41. The molecule has 0 spiro atoms. The summed E-state index contributed by atoms with van der Waals surface area (Å²) in [5, 5.41) is 6.87. The van der Waals surface area contributed by atoms with Gasteiger partial charge in [0.15, 0.2) is 0 Å². The van der Waals surface area contributed by atoms with Gasteiger partial charge < -0.3 is 20.3 Å².